The summed E-state index contributed by atoms with van der Waals surface area (Å²) in [6.07, 6.45) is 0.879. The van der Waals surface area contributed by atoms with Crippen LogP contribution in [-0.4, -0.2) is 30.5 Å². The van der Waals surface area contributed by atoms with E-state index in [0.29, 0.717) is 28.9 Å². The third kappa shape index (κ3) is 5.46. The quantitative estimate of drug-likeness (QED) is 0.771. The predicted molar refractivity (Wildman–Crippen MR) is 102 cm³/mol. The smallest absolute Gasteiger partial charge is 0.274 e. The number of carbonyl (C=O) groups is 2. The molecule has 2 aromatic rings. The molecule has 0 spiro atoms. The van der Waals surface area contributed by atoms with E-state index in [1.165, 1.54) is 7.11 Å². The van der Waals surface area contributed by atoms with Gasteiger partial charge in [0.05, 0.1) is 12.1 Å². The molecule has 138 valence electrons. The van der Waals surface area contributed by atoms with Crippen LogP contribution in [-0.2, 0) is 0 Å². The fourth-order valence-corrected chi connectivity index (χ4v) is 2.45. The zero-order valence-corrected chi connectivity index (χ0v) is 15.8. The summed E-state index contributed by atoms with van der Waals surface area (Å²) >= 11 is 6.05. The molecule has 7 heteroatoms. The van der Waals surface area contributed by atoms with Gasteiger partial charge in [0.25, 0.3) is 11.8 Å². The summed E-state index contributed by atoms with van der Waals surface area (Å²) in [4.78, 5) is 28.7. The third-order valence-corrected chi connectivity index (χ3v) is 3.93. The summed E-state index contributed by atoms with van der Waals surface area (Å²) < 4.78 is 5.08. The Morgan fingerprint density at radius 2 is 1.85 bits per heavy atom. The largest absolute Gasteiger partial charge is 0.495 e. The SMILES string of the molecule is COc1ccc(NC(=O)c2cccc(C(=O)NCCC(C)C)n2)cc1Cl. The van der Waals surface area contributed by atoms with Crippen molar-refractivity contribution < 1.29 is 14.3 Å². The molecule has 0 aliphatic heterocycles. The Bertz CT molecular complexity index is 793. The van der Waals surface area contributed by atoms with Gasteiger partial charge in [0.2, 0.25) is 0 Å². The lowest BCUT2D eigenvalue weighted by Crippen LogP contribution is -2.27. The Hall–Kier alpha value is -2.60. The number of carbonyl (C=O) groups excluding carboxylic acids is 2. The molecule has 0 aliphatic rings. The van der Waals surface area contributed by atoms with Crippen molar-refractivity contribution in [3.8, 4) is 5.75 Å². The van der Waals surface area contributed by atoms with Crippen molar-refractivity contribution in [3.63, 3.8) is 0 Å². The van der Waals surface area contributed by atoms with E-state index in [1.807, 2.05) is 0 Å². The van der Waals surface area contributed by atoms with E-state index < -0.39 is 5.91 Å². The maximum atomic E-state index is 12.4. The summed E-state index contributed by atoms with van der Waals surface area (Å²) in [7, 11) is 1.51. The number of nitrogens with one attached hydrogen (secondary N) is 2. The highest BCUT2D eigenvalue weighted by atomic mass is 35.5. The fraction of sp³-hybridized carbons (Fsp3) is 0.316. The zero-order chi connectivity index (χ0) is 19.1. The number of pyridine rings is 1. The first kappa shape index (κ1) is 19.7. The Balaban J connectivity index is 2.05. The van der Waals surface area contributed by atoms with Crippen LogP contribution in [0.4, 0.5) is 5.69 Å². The highest BCUT2D eigenvalue weighted by Gasteiger charge is 2.13. The van der Waals surface area contributed by atoms with Crippen molar-refractivity contribution >= 4 is 29.1 Å². The highest BCUT2D eigenvalue weighted by molar-refractivity contribution is 6.32. The van der Waals surface area contributed by atoms with Crippen LogP contribution in [0, 0.1) is 5.92 Å². The lowest BCUT2D eigenvalue weighted by atomic mass is 10.1. The number of aromatic nitrogens is 1. The van der Waals surface area contributed by atoms with E-state index in [4.69, 9.17) is 16.3 Å². The predicted octanol–water partition coefficient (Wildman–Crippen LogP) is 3.77. The maximum Gasteiger partial charge on any atom is 0.274 e. The van der Waals surface area contributed by atoms with Crippen molar-refractivity contribution in [2.45, 2.75) is 20.3 Å². The molecule has 0 fully saturated rings. The number of rotatable bonds is 7. The van der Waals surface area contributed by atoms with Crippen LogP contribution in [0.5, 0.6) is 5.75 Å². The van der Waals surface area contributed by atoms with Gasteiger partial charge in [-0.3, -0.25) is 9.59 Å². The first-order valence-electron chi connectivity index (χ1n) is 8.31. The van der Waals surface area contributed by atoms with Crippen LogP contribution in [0.3, 0.4) is 0 Å². The van der Waals surface area contributed by atoms with Gasteiger partial charge in [0, 0.05) is 12.2 Å². The molecule has 6 nitrogen and oxygen atoms in total. The minimum absolute atomic E-state index is 0.147. The molecule has 1 heterocycles. The Kier molecular flexibility index (Phi) is 6.97. The number of hydrogen-bond donors (Lipinski definition) is 2. The van der Waals surface area contributed by atoms with Gasteiger partial charge in [0.15, 0.2) is 0 Å². The van der Waals surface area contributed by atoms with E-state index in [9.17, 15) is 9.59 Å². The number of nitrogens with zero attached hydrogens (tertiary/aromatic N) is 1. The maximum absolute atomic E-state index is 12.4. The molecule has 26 heavy (non-hydrogen) atoms. The number of ether oxygens (including phenoxy) is 1. The third-order valence-electron chi connectivity index (χ3n) is 3.63. The molecule has 0 saturated heterocycles. The molecule has 0 saturated carbocycles. The second-order valence-electron chi connectivity index (χ2n) is 6.15. The van der Waals surface area contributed by atoms with Gasteiger partial charge in [-0.25, -0.2) is 4.98 Å². The van der Waals surface area contributed by atoms with Gasteiger partial charge in [0.1, 0.15) is 17.1 Å². The summed E-state index contributed by atoms with van der Waals surface area (Å²) in [5.74, 6) is 0.287. The average Bonchev–Trinajstić information content (AvgIpc) is 2.61. The molecule has 2 rings (SSSR count). The summed E-state index contributed by atoms with van der Waals surface area (Å²) in [6, 6.07) is 9.66. The van der Waals surface area contributed by atoms with Crippen LogP contribution < -0.4 is 15.4 Å². The molecule has 0 bridgehead atoms. The minimum atomic E-state index is -0.428. The van der Waals surface area contributed by atoms with Crippen LogP contribution in [0.15, 0.2) is 36.4 Å². The summed E-state index contributed by atoms with van der Waals surface area (Å²) in [6.45, 7) is 4.74. The number of halogens is 1. The van der Waals surface area contributed by atoms with Gasteiger partial charge in [-0.15, -0.1) is 0 Å². The van der Waals surface area contributed by atoms with Gasteiger partial charge in [-0.05, 0) is 42.7 Å². The lowest BCUT2D eigenvalue weighted by Gasteiger charge is -2.09. The number of methoxy groups -OCH3 is 1. The summed E-state index contributed by atoms with van der Waals surface area (Å²) in [5.41, 5.74) is 0.858. The molecule has 1 aromatic heterocycles. The molecular weight excluding hydrogens is 354 g/mol. The van der Waals surface area contributed by atoms with E-state index in [-0.39, 0.29) is 17.3 Å². The van der Waals surface area contributed by atoms with Gasteiger partial charge >= 0.3 is 0 Å². The first-order valence-corrected chi connectivity index (χ1v) is 8.68. The summed E-state index contributed by atoms with van der Waals surface area (Å²) in [5, 5.41) is 5.89. The Morgan fingerprint density at radius 3 is 2.46 bits per heavy atom. The molecule has 0 radical (unpaired) electrons. The molecule has 0 unspecified atom stereocenters. The fourth-order valence-electron chi connectivity index (χ4n) is 2.19. The van der Waals surface area contributed by atoms with Gasteiger partial charge < -0.3 is 15.4 Å². The van der Waals surface area contributed by atoms with Crippen LogP contribution in [0.1, 0.15) is 41.2 Å². The number of anilines is 1. The molecule has 0 atom stereocenters. The average molecular weight is 376 g/mol. The number of amides is 2. The van der Waals surface area contributed by atoms with Gasteiger partial charge in [-0.2, -0.15) is 0 Å². The van der Waals surface area contributed by atoms with Crippen molar-refractivity contribution in [1.29, 1.82) is 0 Å². The van der Waals surface area contributed by atoms with Crippen molar-refractivity contribution in [2.75, 3.05) is 19.0 Å². The Morgan fingerprint density at radius 1 is 1.15 bits per heavy atom. The standard InChI is InChI=1S/C19H22ClN3O3/c1-12(2)9-10-21-18(24)15-5-4-6-16(23-15)19(25)22-13-7-8-17(26-3)14(20)11-13/h4-8,11-12H,9-10H2,1-3H3,(H,21,24)(H,22,25). The number of hydrogen-bond acceptors (Lipinski definition) is 4. The molecule has 2 amide bonds. The van der Waals surface area contributed by atoms with Crippen LogP contribution >= 0.6 is 11.6 Å². The second kappa shape index (κ2) is 9.20. The van der Waals surface area contributed by atoms with Crippen LogP contribution in [0.25, 0.3) is 0 Å². The normalized spacial score (nSPS) is 10.5. The molecule has 2 N–H and O–H groups in total. The molecule has 0 aliphatic carbocycles. The molecular formula is C19H22ClN3O3. The first-order chi connectivity index (χ1) is 12.4. The van der Waals surface area contributed by atoms with Crippen LogP contribution in [0.2, 0.25) is 5.02 Å². The topological polar surface area (TPSA) is 80.3 Å². The van der Waals surface area contributed by atoms with Crippen molar-refractivity contribution in [2.24, 2.45) is 5.92 Å². The highest BCUT2D eigenvalue weighted by Crippen LogP contribution is 2.27. The molecule has 1 aromatic carbocycles. The van der Waals surface area contributed by atoms with E-state index >= 15 is 0 Å². The van der Waals surface area contributed by atoms with E-state index in [0.717, 1.165) is 6.42 Å². The van der Waals surface area contributed by atoms with Gasteiger partial charge in [-0.1, -0.05) is 31.5 Å². The Labute approximate surface area is 157 Å². The number of benzene rings is 1. The lowest BCUT2D eigenvalue weighted by molar-refractivity contribution is 0.0947. The van der Waals surface area contributed by atoms with Crippen molar-refractivity contribution in [3.05, 3.63) is 52.8 Å². The van der Waals surface area contributed by atoms with E-state index in [2.05, 4.69) is 29.5 Å². The second-order valence-corrected chi connectivity index (χ2v) is 6.56. The van der Waals surface area contributed by atoms with Crippen molar-refractivity contribution in [1.82, 2.24) is 10.3 Å². The van der Waals surface area contributed by atoms with E-state index in [1.54, 1.807) is 36.4 Å². The monoisotopic (exact) mass is 375 g/mol. The zero-order valence-electron chi connectivity index (χ0n) is 15.0. The minimum Gasteiger partial charge on any atom is -0.495 e.